The molecule has 0 amide bonds. The van der Waals surface area contributed by atoms with Crippen molar-refractivity contribution >= 4 is 104 Å². The summed E-state index contributed by atoms with van der Waals surface area (Å²) in [5.41, 5.74) is 2.46. The Balaban J connectivity index is 0.000000170. The van der Waals surface area contributed by atoms with Gasteiger partial charge in [0.1, 0.15) is 66.5 Å². The third-order valence-electron chi connectivity index (χ3n) is 9.55. The Morgan fingerprint density at radius 3 is 1.24 bits per heavy atom. The van der Waals surface area contributed by atoms with Crippen molar-refractivity contribution in [2.24, 2.45) is 0 Å². The fourth-order valence-corrected chi connectivity index (χ4v) is 10.6. The van der Waals surface area contributed by atoms with Gasteiger partial charge < -0.3 is 32.4 Å². The van der Waals surface area contributed by atoms with E-state index in [4.69, 9.17) is 0 Å². The molecular weight excluding hydrogens is 1010 g/mol. The molecule has 0 saturated carbocycles. The van der Waals surface area contributed by atoms with Gasteiger partial charge in [-0.25, -0.2) is 50.5 Å². The van der Waals surface area contributed by atoms with E-state index in [-0.39, 0.29) is 42.5 Å². The van der Waals surface area contributed by atoms with E-state index >= 15 is 0 Å². The molecule has 8 aromatic rings. The van der Waals surface area contributed by atoms with E-state index in [1.54, 1.807) is 38.1 Å². The lowest BCUT2D eigenvalue weighted by molar-refractivity contribution is 0.458. The smallest absolute Gasteiger partial charge is 0.125 e. The zero-order valence-electron chi connectivity index (χ0n) is 34.9. The molecule has 0 bridgehead atoms. The number of phenols is 1. The number of fused-ring (bicyclic) bond motifs is 4. The summed E-state index contributed by atoms with van der Waals surface area (Å²) in [5.74, 6) is -0.0683. The van der Waals surface area contributed by atoms with E-state index in [9.17, 15) is 82.9 Å². The number of benzene rings is 8. The summed E-state index contributed by atoms with van der Waals surface area (Å²) in [6.07, 6.45) is 0. The van der Waals surface area contributed by atoms with Gasteiger partial charge in [-0.1, -0.05) is 90.0 Å². The van der Waals surface area contributed by atoms with Gasteiger partial charge in [-0.3, -0.25) is 0 Å². The van der Waals surface area contributed by atoms with Crippen molar-refractivity contribution in [3.63, 3.8) is 0 Å². The number of rotatable bonds is 6. The van der Waals surface area contributed by atoms with Crippen molar-refractivity contribution in [1.82, 2.24) is 0 Å². The average molecular weight is 1050 g/mol. The van der Waals surface area contributed by atoms with Gasteiger partial charge in [0, 0.05) is 16.2 Å². The molecule has 0 saturated heterocycles. The largest absolute Gasteiger partial charge is 0.744 e. The van der Waals surface area contributed by atoms with Crippen molar-refractivity contribution in [1.29, 1.82) is 0 Å². The summed E-state index contributed by atoms with van der Waals surface area (Å²) >= 11 is 0. The summed E-state index contributed by atoms with van der Waals surface area (Å²) in [6, 6.07) is 30.7. The van der Waals surface area contributed by atoms with Gasteiger partial charge in [-0.2, -0.15) is 0 Å². The molecular formula is C43H32O19S6-6. The minimum Gasteiger partial charge on any atom is -0.744 e. The fourth-order valence-electron chi connectivity index (χ4n) is 6.63. The lowest BCUT2D eigenvalue weighted by Crippen LogP contribution is -2.04. The third kappa shape index (κ3) is 13.2. The van der Waals surface area contributed by atoms with Gasteiger partial charge in [-0.05, 0) is 108 Å². The standard InChI is InChI=1S/C11H10O6S2.C11H10O4S.C11H10O3S.C10H8O6S2/c1-7-2-3-10-8(4-7)5-9(18(12,13)14)6-11(10)19(15,16)17;1-7-4-8-2-3-9(12)6-10(8)11(5-7)16(13,14)15;1-8-2-3-9-4-5-11(15(12,13)14)7-10(9)6-8;11-17(12,13)9-5-1-3-7-8(9)4-2-6-10(7)18(14,15)16/h2-6H,1H3,(H,12,13,14)(H,15,16,17);2-6,12H,1H3,(H,13,14,15);2-7H,1H3,(H,12,13,14);1-6H,(H,11,12,13)(H,14,15,16)/p-6. The van der Waals surface area contributed by atoms with E-state index in [1.165, 1.54) is 66.7 Å². The highest BCUT2D eigenvalue weighted by molar-refractivity contribution is 7.87. The highest BCUT2D eigenvalue weighted by atomic mass is 32.2. The number of phenolic OH excluding ortho intramolecular Hbond substituents is 1. The molecule has 8 rings (SSSR count). The fraction of sp³-hybridized carbons (Fsp3) is 0.0698. The number of aromatic hydroxyl groups is 1. The van der Waals surface area contributed by atoms with E-state index in [0.29, 0.717) is 17.0 Å². The van der Waals surface area contributed by atoms with Crippen LogP contribution in [0.25, 0.3) is 43.1 Å². The predicted molar refractivity (Wildman–Crippen MR) is 239 cm³/mol. The minimum absolute atomic E-state index is 0.0683. The van der Waals surface area contributed by atoms with Crippen LogP contribution in [-0.4, -0.2) is 82.9 Å². The molecule has 0 aliphatic carbocycles. The summed E-state index contributed by atoms with van der Waals surface area (Å²) in [6.45, 7) is 5.34. The molecule has 0 radical (unpaired) electrons. The second-order valence-electron chi connectivity index (χ2n) is 14.7. The minimum atomic E-state index is -4.88. The van der Waals surface area contributed by atoms with E-state index < -0.39 is 80.3 Å². The molecule has 360 valence electrons. The Labute approximate surface area is 390 Å². The van der Waals surface area contributed by atoms with Crippen molar-refractivity contribution in [2.45, 2.75) is 50.1 Å². The topological polar surface area (TPSA) is 363 Å². The molecule has 0 aliphatic rings. The molecule has 19 nitrogen and oxygen atoms in total. The van der Waals surface area contributed by atoms with Crippen LogP contribution in [0.5, 0.6) is 5.75 Å². The normalized spacial score (nSPS) is 12.4. The number of hydrogen-bond donors (Lipinski definition) is 1. The predicted octanol–water partition coefficient (Wildman–Crippen LogP) is 5.41. The van der Waals surface area contributed by atoms with Crippen LogP contribution in [0.2, 0.25) is 0 Å². The van der Waals surface area contributed by atoms with Gasteiger partial charge in [0.15, 0.2) is 0 Å². The van der Waals surface area contributed by atoms with E-state index in [2.05, 4.69) is 0 Å². The first-order chi connectivity index (χ1) is 31.1. The third-order valence-corrected chi connectivity index (χ3v) is 14.7. The maximum atomic E-state index is 11.2. The average Bonchev–Trinajstić information content (AvgIpc) is 3.21. The molecule has 1 N–H and O–H groups in total. The molecule has 68 heavy (non-hydrogen) atoms. The van der Waals surface area contributed by atoms with Crippen LogP contribution in [-0.2, 0) is 60.7 Å². The Kier molecular flexibility index (Phi) is 15.3. The summed E-state index contributed by atoms with van der Waals surface area (Å²) in [5, 5.41) is 12.0. The Morgan fingerprint density at radius 1 is 0.309 bits per heavy atom. The summed E-state index contributed by atoms with van der Waals surface area (Å²) < 4.78 is 198. The Bertz CT molecular complexity index is 3930. The molecule has 0 heterocycles. The maximum absolute atomic E-state index is 11.2. The molecule has 0 aliphatic heterocycles. The molecule has 0 fully saturated rings. The second-order valence-corrected chi connectivity index (χ2v) is 22.8. The van der Waals surface area contributed by atoms with Crippen LogP contribution in [0, 0.1) is 20.8 Å². The second kappa shape index (κ2) is 19.6. The first-order valence-electron chi connectivity index (χ1n) is 18.7. The van der Waals surface area contributed by atoms with Gasteiger partial charge in [0.2, 0.25) is 0 Å². The van der Waals surface area contributed by atoms with Gasteiger partial charge in [0.05, 0.1) is 29.4 Å². The van der Waals surface area contributed by atoms with Gasteiger partial charge in [0.25, 0.3) is 0 Å². The highest BCUT2D eigenvalue weighted by Gasteiger charge is 2.15. The molecule has 0 atom stereocenters. The number of hydrogen-bond acceptors (Lipinski definition) is 19. The van der Waals surface area contributed by atoms with E-state index in [0.717, 1.165) is 40.1 Å². The Morgan fingerprint density at radius 2 is 0.735 bits per heavy atom. The van der Waals surface area contributed by atoms with Crippen LogP contribution < -0.4 is 0 Å². The molecule has 0 spiro atoms. The summed E-state index contributed by atoms with van der Waals surface area (Å²) in [4.78, 5) is -3.02. The lowest BCUT2D eigenvalue weighted by atomic mass is 10.1. The van der Waals surface area contributed by atoms with Crippen LogP contribution >= 0.6 is 0 Å². The quantitative estimate of drug-likeness (QED) is 0.203. The van der Waals surface area contributed by atoms with Crippen LogP contribution in [0.3, 0.4) is 0 Å². The number of aryl methyl sites for hydroxylation is 3. The zero-order chi connectivity index (χ0) is 50.9. The monoisotopic (exact) mass is 1040 g/mol. The molecule has 0 aromatic heterocycles. The lowest BCUT2D eigenvalue weighted by Gasteiger charge is -2.15. The van der Waals surface area contributed by atoms with Crippen molar-refractivity contribution in [2.75, 3.05) is 0 Å². The molecule has 0 unspecified atom stereocenters. The van der Waals surface area contributed by atoms with Crippen LogP contribution in [0.4, 0.5) is 0 Å². The van der Waals surface area contributed by atoms with Crippen molar-refractivity contribution in [3.05, 3.63) is 150 Å². The van der Waals surface area contributed by atoms with Crippen molar-refractivity contribution in [3.8, 4) is 5.75 Å². The maximum Gasteiger partial charge on any atom is 0.125 e. The highest BCUT2D eigenvalue weighted by Crippen LogP contribution is 2.31. The Hall–Kier alpha value is -5.94. The van der Waals surface area contributed by atoms with Crippen LogP contribution in [0.15, 0.2) is 163 Å². The zero-order valence-corrected chi connectivity index (χ0v) is 39.8. The van der Waals surface area contributed by atoms with Crippen molar-refractivity contribution < 1.29 is 82.9 Å². The SMILES string of the molecule is Cc1cc(S(=O)(=O)[O-])c2cc(O)ccc2c1.Cc1ccc2c(S(=O)(=O)[O-])cc(S(=O)(=O)[O-])cc2c1.Cc1ccc2ccc(S(=O)(=O)[O-])cc2c1.O=S(=O)([O-])c1cccc2c(S(=O)(=O)[O-])cccc12. The molecule has 25 heteroatoms. The van der Waals surface area contributed by atoms with Crippen LogP contribution in [0.1, 0.15) is 16.7 Å². The first-order valence-corrected chi connectivity index (χ1v) is 27.1. The first kappa shape index (κ1) is 53.0. The molecule has 8 aromatic carbocycles. The van der Waals surface area contributed by atoms with Gasteiger partial charge in [-0.15, -0.1) is 0 Å². The summed E-state index contributed by atoms with van der Waals surface area (Å²) in [7, 11) is -28.1. The van der Waals surface area contributed by atoms with E-state index in [1.807, 2.05) is 25.1 Å². The van der Waals surface area contributed by atoms with Gasteiger partial charge >= 0.3 is 0 Å².